The van der Waals surface area contributed by atoms with Crippen molar-refractivity contribution in [1.82, 2.24) is 14.7 Å². The van der Waals surface area contributed by atoms with Crippen LogP contribution in [0.5, 0.6) is 5.75 Å². The van der Waals surface area contributed by atoms with Gasteiger partial charge in [0.05, 0.1) is 6.04 Å². The summed E-state index contributed by atoms with van der Waals surface area (Å²) in [5.41, 5.74) is 0. The van der Waals surface area contributed by atoms with Crippen molar-refractivity contribution in [2.24, 2.45) is 11.8 Å². The van der Waals surface area contributed by atoms with Crippen molar-refractivity contribution in [3.8, 4) is 5.75 Å². The quantitative estimate of drug-likeness (QED) is 0.700. The van der Waals surface area contributed by atoms with Crippen LogP contribution < -0.4 is 4.74 Å². The molecule has 1 aromatic rings. The number of piperazine rings is 1. The molecule has 1 aliphatic carbocycles. The number of ether oxygens (including phenoxy) is 1. The predicted molar refractivity (Wildman–Crippen MR) is 121 cm³/mol. The molecular formula is C25H37N3O3. The summed E-state index contributed by atoms with van der Waals surface area (Å²) in [4.78, 5) is 32.6. The first-order valence-electron chi connectivity index (χ1n) is 12.1. The largest absolute Gasteiger partial charge is 0.484 e. The molecule has 0 aromatic heterocycles. The maximum Gasteiger partial charge on any atom is 0.260 e. The van der Waals surface area contributed by atoms with Gasteiger partial charge in [0.15, 0.2) is 6.61 Å². The number of hydrogen-bond donors (Lipinski definition) is 0. The summed E-state index contributed by atoms with van der Waals surface area (Å²) in [7, 11) is 0. The Morgan fingerprint density at radius 3 is 2.19 bits per heavy atom. The van der Waals surface area contributed by atoms with E-state index in [1.807, 2.05) is 35.2 Å². The van der Waals surface area contributed by atoms with Crippen LogP contribution in [-0.2, 0) is 9.59 Å². The zero-order valence-corrected chi connectivity index (χ0v) is 18.9. The molecule has 0 spiro atoms. The average molecular weight is 428 g/mol. The third-order valence-electron chi connectivity index (χ3n) is 7.36. The number of para-hydroxylation sites is 1. The summed E-state index contributed by atoms with van der Waals surface area (Å²) in [6.07, 6.45) is 7.02. The molecule has 1 unspecified atom stereocenters. The van der Waals surface area contributed by atoms with E-state index in [0.29, 0.717) is 24.9 Å². The monoisotopic (exact) mass is 427 g/mol. The molecule has 170 valence electrons. The lowest BCUT2D eigenvalue weighted by molar-refractivity contribution is -0.143. The molecule has 1 aromatic carbocycles. The van der Waals surface area contributed by atoms with Gasteiger partial charge in [-0.05, 0) is 49.7 Å². The lowest BCUT2D eigenvalue weighted by atomic mass is 9.92. The molecule has 4 rings (SSSR count). The first-order chi connectivity index (χ1) is 15.1. The molecule has 2 amide bonds. The second-order valence-corrected chi connectivity index (χ2v) is 9.52. The van der Waals surface area contributed by atoms with Crippen molar-refractivity contribution < 1.29 is 14.3 Å². The Bertz CT molecular complexity index is 719. The summed E-state index contributed by atoms with van der Waals surface area (Å²) in [6.45, 7) is 7.05. The Morgan fingerprint density at radius 2 is 1.55 bits per heavy atom. The molecule has 1 atom stereocenters. The minimum Gasteiger partial charge on any atom is -0.484 e. The van der Waals surface area contributed by atoms with E-state index in [0.717, 1.165) is 63.5 Å². The first kappa shape index (κ1) is 22.1. The fourth-order valence-corrected chi connectivity index (χ4v) is 5.35. The van der Waals surface area contributed by atoms with E-state index in [2.05, 4.69) is 16.7 Å². The van der Waals surface area contributed by atoms with E-state index in [4.69, 9.17) is 4.74 Å². The molecule has 3 fully saturated rings. The molecule has 0 radical (unpaired) electrons. The fourth-order valence-electron chi connectivity index (χ4n) is 5.35. The number of carbonyl (C=O) groups is 2. The average Bonchev–Trinajstić information content (AvgIpc) is 3.33. The maximum absolute atomic E-state index is 13.5. The SMILES string of the molecule is CC1CCN(C(=O)C(C2CCCC2)N2CCN(C(=O)COc3ccccc3)CC2)CC1. The summed E-state index contributed by atoms with van der Waals surface area (Å²) in [5, 5.41) is 0. The number of carbonyl (C=O) groups excluding carboxylic acids is 2. The summed E-state index contributed by atoms with van der Waals surface area (Å²) in [5.74, 6) is 2.28. The number of nitrogens with zero attached hydrogens (tertiary/aromatic N) is 3. The molecule has 6 heteroatoms. The van der Waals surface area contributed by atoms with Gasteiger partial charge in [-0.1, -0.05) is 38.0 Å². The van der Waals surface area contributed by atoms with Crippen molar-refractivity contribution in [3.63, 3.8) is 0 Å². The fraction of sp³-hybridized carbons (Fsp3) is 0.680. The van der Waals surface area contributed by atoms with Crippen LogP contribution in [0.2, 0.25) is 0 Å². The summed E-state index contributed by atoms with van der Waals surface area (Å²) in [6, 6.07) is 9.47. The van der Waals surface area contributed by atoms with Gasteiger partial charge >= 0.3 is 0 Å². The van der Waals surface area contributed by atoms with Crippen LogP contribution in [-0.4, -0.2) is 78.4 Å². The summed E-state index contributed by atoms with van der Waals surface area (Å²) >= 11 is 0. The second-order valence-electron chi connectivity index (χ2n) is 9.52. The molecule has 1 saturated carbocycles. The Balaban J connectivity index is 1.32. The molecular weight excluding hydrogens is 390 g/mol. The van der Waals surface area contributed by atoms with Crippen LogP contribution in [0, 0.1) is 11.8 Å². The number of rotatable bonds is 6. The highest BCUT2D eigenvalue weighted by Gasteiger charge is 2.39. The van der Waals surface area contributed by atoms with Gasteiger partial charge in [-0.2, -0.15) is 0 Å². The van der Waals surface area contributed by atoms with Crippen molar-refractivity contribution in [2.45, 2.75) is 51.5 Å². The number of benzene rings is 1. The normalized spacial score (nSPS) is 22.5. The molecule has 31 heavy (non-hydrogen) atoms. The van der Waals surface area contributed by atoms with Crippen molar-refractivity contribution in [3.05, 3.63) is 30.3 Å². The highest BCUT2D eigenvalue weighted by molar-refractivity contribution is 5.82. The molecule has 2 heterocycles. The zero-order chi connectivity index (χ0) is 21.6. The molecule has 6 nitrogen and oxygen atoms in total. The van der Waals surface area contributed by atoms with Gasteiger partial charge in [-0.3, -0.25) is 14.5 Å². The third kappa shape index (κ3) is 5.59. The predicted octanol–water partition coefficient (Wildman–Crippen LogP) is 3.03. The smallest absolute Gasteiger partial charge is 0.260 e. The molecule has 2 saturated heterocycles. The highest BCUT2D eigenvalue weighted by atomic mass is 16.5. The van der Waals surface area contributed by atoms with Gasteiger partial charge in [-0.15, -0.1) is 0 Å². The van der Waals surface area contributed by atoms with Crippen LogP contribution >= 0.6 is 0 Å². The van der Waals surface area contributed by atoms with Gasteiger partial charge < -0.3 is 14.5 Å². The Morgan fingerprint density at radius 1 is 0.903 bits per heavy atom. The van der Waals surface area contributed by atoms with Crippen LogP contribution in [0.15, 0.2) is 30.3 Å². The minimum absolute atomic E-state index is 0.00581. The van der Waals surface area contributed by atoms with Crippen molar-refractivity contribution >= 4 is 11.8 Å². The number of amides is 2. The van der Waals surface area contributed by atoms with Gasteiger partial charge in [0.1, 0.15) is 5.75 Å². The number of hydrogen-bond acceptors (Lipinski definition) is 4. The molecule has 3 aliphatic rings. The van der Waals surface area contributed by atoms with Gasteiger partial charge in [0, 0.05) is 39.3 Å². The van der Waals surface area contributed by atoms with E-state index >= 15 is 0 Å². The topological polar surface area (TPSA) is 53.1 Å². The van der Waals surface area contributed by atoms with E-state index in [1.54, 1.807) is 0 Å². The van der Waals surface area contributed by atoms with E-state index in [-0.39, 0.29) is 18.6 Å². The third-order valence-corrected chi connectivity index (χ3v) is 7.36. The van der Waals surface area contributed by atoms with E-state index in [9.17, 15) is 9.59 Å². The highest BCUT2D eigenvalue weighted by Crippen LogP contribution is 2.32. The standard InChI is InChI=1S/C25H37N3O3/c1-20-11-13-28(14-12-20)25(30)24(21-7-5-6-8-21)27-17-15-26(16-18-27)23(29)19-31-22-9-3-2-4-10-22/h2-4,9-10,20-21,24H,5-8,11-19H2,1H3. The number of likely N-dealkylation sites (tertiary alicyclic amines) is 1. The Kier molecular flexibility index (Phi) is 7.49. The van der Waals surface area contributed by atoms with Gasteiger partial charge in [-0.25, -0.2) is 0 Å². The molecule has 2 aliphatic heterocycles. The van der Waals surface area contributed by atoms with Crippen molar-refractivity contribution in [2.75, 3.05) is 45.9 Å². The van der Waals surface area contributed by atoms with Gasteiger partial charge in [0.25, 0.3) is 5.91 Å². The number of piperidine rings is 1. The van der Waals surface area contributed by atoms with Crippen LogP contribution in [0.25, 0.3) is 0 Å². The lowest BCUT2D eigenvalue weighted by Gasteiger charge is -2.43. The van der Waals surface area contributed by atoms with Gasteiger partial charge in [0.2, 0.25) is 5.91 Å². The lowest BCUT2D eigenvalue weighted by Crippen LogP contribution is -2.59. The molecule has 0 bridgehead atoms. The molecule has 0 N–H and O–H groups in total. The zero-order valence-electron chi connectivity index (χ0n) is 18.9. The Hall–Kier alpha value is -2.08. The van der Waals surface area contributed by atoms with Crippen LogP contribution in [0.1, 0.15) is 45.4 Å². The minimum atomic E-state index is -0.00581. The first-order valence-corrected chi connectivity index (χ1v) is 12.1. The van der Waals surface area contributed by atoms with Crippen LogP contribution in [0.3, 0.4) is 0 Å². The van der Waals surface area contributed by atoms with Crippen molar-refractivity contribution in [1.29, 1.82) is 0 Å². The van der Waals surface area contributed by atoms with E-state index < -0.39 is 0 Å². The maximum atomic E-state index is 13.5. The second kappa shape index (κ2) is 10.5. The van der Waals surface area contributed by atoms with E-state index in [1.165, 1.54) is 12.8 Å². The summed E-state index contributed by atoms with van der Waals surface area (Å²) < 4.78 is 5.64. The van der Waals surface area contributed by atoms with Crippen LogP contribution in [0.4, 0.5) is 0 Å². The Labute approximate surface area is 186 Å².